The number of fused-ring (bicyclic) bond motifs is 1. The number of sulfonamides is 1. The molecule has 2 N–H and O–H groups in total. The van der Waals surface area contributed by atoms with Crippen LogP contribution in [-0.2, 0) is 53.8 Å². The summed E-state index contributed by atoms with van der Waals surface area (Å²) in [5.41, 5.74) is 1.22. The molecule has 2 aliphatic rings. The van der Waals surface area contributed by atoms with Crippen molar-refractivity contribution in [3.8, 4) is 0 Å². The second-order valence-electron chi connectivity index (χ2n) is 13.1. The van der Waals surface area contributed by atoms with Crippen LogP contribution >= 0.6 is 0 Å². The van der Waals surface area contributed by atoms with Crippen molar-refractivity contribution in [3.05, 3.63) is 35.8 Å². The quantitative estimate of drug-likeness (QED) is 0.220. The number of anilines is 1. The number of ether oxygens (including phenoxy) is 2. The van der Waals surface area contributed by atoms with E-state index in [9.17, 15) is 27.6 Å². The third-order valence-corrected chi connectivity index (χ3v) is 9.73. The Labute approximate surface area is 281 Å². The summed E-state index contributed by atoms with van der Waals surface area (Å²) in [6, 6.07) is 3.23. The first-order valence-corrected chi connectivity index (χ1v) is 17.8. The summed E-state index contributed by atoms with van der Waals surface area (Å²) in [4.78, 5) is 57.0. The van der Waals surface area contributed by atoms with Crippen LogP contribution in [0.1, 0.15) is 71.1 Å². The van der Waals surface area contributed by atoms with Gasteiger partial charge in [0, 0.05) is 51.5 Å². The maximum absolute atomic E-state index is 12.9. The van der Waals surface area contributed by atoms with Gasteiger partial charge in [-0.3, -0.25) is 24.0 Å². The molecule has 48 heavy (non-hydrogen) atoms. The number of unbranched alkanes of at least 4 members (excludes halogenated alkanes) is 1. The van der Waals surface area contributed by atoms with Crippen LogP contribution in [-0.4, -0.2) is 95.8 Å². The fraction of sp³-hybridized carbons (Fsp3) is 0.625. The number of esters is 1. The number of pyridine rings is 1. The van der Waals surface area contributed by atoms with Crippen LogP contribution in [0.2, 0.25) is 0 Å². The van der Waals surface area contributed by atoms with Gasteiger partial charge in [0.25, 0.3) is 0 Å². The molecule has 1 unspecified atom stereocenters. The van der Waals surface area contributed by atoms with Crippen molar-refractivity contribution in [2.24, 2.45) is 13.0 Å². The van der Waals surface area contributed by atoms with E-state index in [1.807, 2.05) is 32.9 Å². The zero-order valence-corrected chi connectivity index (χ0v) is 29.2. The van der Waals surface area contributed by atoms with Gasteiger partial charge in [0.1, 0.15) is 16.3 Å². The lowest BCUT2D eigenvalue weighted by molar-refractivity contribution is -0.144. The van der Waals surface area contributed by atoms with Gasteiger partial charge in [-0.25, -0.2) is 18.2 Å². The summed E-state index contributed by atoms with van der Waals surface area (Å²) in [6.45, 7) is 7.90. The fourth-order valence-electron chi connectivity index (χ4n) is 5.43. The number of hydrogen-bond donors (Lipinski definition) is 2. The van der Waals surface area contributed by atoms with Gasteiger partial charge in [-0.15, -0.1) is 0 Å². The van der Waals surface area contributed by atoms with Gasteiger partial charge in [0.2, 0.25) is 21.8 Å². The molecule has 16 heteroatoms. The van der Waals surface area contributed by atoms with Crippen molar-refractivity contribution in [3.63, 3.8) is 0 Å². The number of rotatable bonds is 14. The maximum atomic E-state index is 12.9. The fourth-order valence-corrected chi connectivity index (χ4v) is 6.94. The number of carbonyl (C=O) groups is 4. The highest BCUT2D eigenvalue weighted by atomic mass is 32.2. The first kappa shape index (κ1) is 36.8. The minimum Gasteiger partial charge on any atom is -0.466 e. The second kappa shape index (κ2) is 15.9. The number of aryl methyl sites for hydroxylation is 3. The van der Waals surface area contributed by atoms with Gasteiger partial charge in [-0.2, -0.15) is 9.40 Å². The molecule has 0 aliphatic carbocycles. The number of hydrogen-bond acceptors (Lipinski definition) is 10. The molecule has 264 valence electrons. The smallest absolute Gasteiger partial charge is 0.416 e. The van der Waals surface area contributed by atoms with Crippen LogP contribution in [0.3, 0.4) is 0 Å². The number of nitrogens with zero attached hydrogens (tertiary/aromatic N) is 5. The molecule has 0 aromatic carbocycles. The minimum atomic E-state index is -3.76. The molecule has 0 bridgehead atoms. The van der Waals surface area contributed by atoms with E-state index in [-0.39, 0.29) is 49.9 Å². The first-order valence-electron chi connectivity index (χ1n) is 16.4. The summed E-state index contributed by atoms with van der Waals surface area (Å²) < 4.78 is 38.7. The zero-order chi connectivity index (χ0) is 35.1. The molecule has 1 fully saturated rings. The van der Waals surface area contributed by atoms with Crippen molar-refractivity contribution in [2.45, 2.75) is 89.2 Å². The van der Waals surface area contributed by atoms with Crippen molar-refractivity contribution in [1.29, 1.82) is 0 Å². The molecule has 4 rings (SSSR count). The van der Waals surface area contributed by atoms with Crippen LogP contribution < -0.4 is 15.5 Å². The molecule has 2 aromatic heterocycles. The zero-order valence-electron chi connectivity index (χ0n) is 28.4. The third kappa shape index (κ3) is 9.98. The highest BCUT2D eigenvalue weighted by Gasteiger charge is 2.41. The van der Waals surface area contributed by atoms with Gasteiger partial charge in [0.15, 0.2) is 0 Å². The largest absolute Gasteiger partial charge is 0.466 e. The van der Waals surface area contributed by atoms with Gasteiger partial charge < -0.3 is 20.1 Å². The van der Waals surface area contributed by atoms with E-state index < -0.39 is 45.6 Å². The molecule has 1 atom stereocenters. The number of carbonyl (C=O) groups excluding carboxylic acids is 4. The van der Waals surface area contributed by atoms with Crippen molar-refractivity contribution in [2.75, 3.05) is 37.7 Å². The van der Waals surface area contributed by atoms with E-state index in [1.165, 1.54) is 21.4 Å². The summed E-state index contributed by atoms with van der Waals surface area (Å²) >= 11 is 0. The molecule has 15 nitrogen and oxygen atoms in total. The van der Waals surface area contributed by atoms with Gasteiger partial charge in [-0.1, -0.05) is 6.07 Å². The minimum absolute atomic E-state index is 0.000339. The summed E-state index contributed by atoms with van der Waals surface area (Å²) in [6.07, 6.45) is 5.90. The molecule has 3 amide bonds. The van der Waals surface area contributed by atoms with Crippen LogP contribution in [0.25, 0.3) is 0 Å². The Morgan fingerprint density at radius 2 is 1.88 bits per heavy atom. The van der Waals surface area contributed by atoms with E-state index in [2.05, 4.69) is 15.7 Å². The monoisotopic (exact) mass is 689 g/mol. The Morgan fingerprint density at radius 3 is 2.54 bits per heavy atom. The third-order valence-electron chi connectivity index (χ3n) is 7.95. The summed E-state index contributed by atoms with van der Waals surface area (Å²) in [5.74, 6) is -1.12. The second-order valence-corrected chi connectivity index (χ2v) is 15.1. The number of nitrogens with one attached hydrogen (secondary N) is 2. The van der Waals surface area contributed by atoms with E-state index in [0.717, 1.165) is 24.1 Å². The Kier molecular flexibility index (Phi) is 12.2. The molecule has 1 saturated heterocycles. The van der Waals surface area contributed by atoms with Gasteiger partial charge in [0.05, 0.1) is 31.2 Å². The Morgan fingerprint density at radius 1 is 1.12 bits per heavy atom. The molecule has 2 aromatic rings. The number of aromatic nitrogens is 3. The SMILES string of the molecule is CCOC(=O)CC(CNC(=O)CCCCc1ccc2c(n1)N(C(=O)OC(C)(C)C)CCC2)NC(=O)C1CN(S(=O)(=O)c2cnn(C)c2)C1. The standard InChI is InChI=1S/C32H47N7O8S/c1-6-46-28(41)16-25(36-30(42)23-19-38(20-23)48(44,45)26-18-34-37(5)21-26)17-33-27(40)12-8-7-11-24-14-13-22-10-9-15-39(29(22)35-24)31(43)47-32(2,3)4/h13-14,18,21,23,25H,6-12,15-17,19-20H2,1-5H3,(H,33,40)(H,36,42). The van der Waals surface area contributed by atoms with Crippen LogP contribution in [0.4, 0.5) is 10.6 Å². The van der Waals surface area contributed by atoms with Gasteiger partial charge >= 0.3 is 12.1 Å². The van der Waals surface area contributed by atoms with Crippen molar-refractivity contribution >= 4 is 39.7 Å². The number of amides is 3. The highest BCUT2D eigenvalue weighted by molar-refractivity contribution is 7.89. The average Bonchev–Trinajstić information content (AvgIpc) is 3.43. The molecular weight excluding hydrogens is 642 g/mol. The normalized spacial score (nSPS) is 16.0. The van der Waals surface area contributed by atoms with E-state index in [1.54, 1.807) is 18.9 Å². The first-order chi connectivity index (χ1) is 22.7. The van der Waals surface area contributed by atoms with Crippen LogP contribution in [0, 0.1) is 5.92 Å². The lowest BCUT2D eigenvalue weighted by Gasteiger charge is -2.37. The van der Waals surface area contributed by atoms with Crippen molar-refractivity contribution in [1.82, 2.24) is 29.7 Å². The molecule has 0 spiro atoms. The molecule has 2 aliphatic heterocycles. The van der Waals surface area contributed by atoms with Crippen LogP contribution in [0.5, 0.6) is 0 Å². The molecule has 0 saturated carbocycles. The van der Waals surface area contributed by atoms with E-state index in [4.69, 9.17) is 14.5 Å². The lowest BCUT2D eigenvalue weighted by Crippen LogP contribution is -2.57. The molecular formula is C32H47N7O8S. The predicted octanol–water partition coefficient (Wildman–Crippen LogP) is 2.09. The van der Waals surface area contributed by atoms with Crippen LogP contribution in [0.15, 0.2) is 29.4 Å². The topological polar surface area (TPSA) is 182 Å². The lowest BCUT2D eigenvalue weighted by atomic mass is 10.0. The van der Waals surface area contributed by atoms with E-state index in [0.29, 0.717) is 31.6 Å². The maximum Gasteiger partial charge on any atom is 0.416 e. The summed E-state index contributed by atoms with van der Waals surface area (Å²) in [7, 11) is -2.14. The average molecular weight is 690 g/mol. The Hall–Kier alpha value is -4.05. The predicted molar refractivity (Wildman–Crippen MR) is 175 cm³/mol. The Balaban J connectivity index is 1.23. The van der Waals surface area contributed by atoms with E-state index >= 15 is 0 Å². The van der Waals surface area contributed by atoms with Crippen molar-refractivity contribution < 1.29 is 37.1 Å². The Bertz CT molecular complexity index is 1580. The molecule has 0 radical (unpaired) electrons. The highest BCUT2D eigenvalue weighted by Crippen LogP contribution is 2.28. The molecule has 4 heterocycles. The summed E-state index contributed by atoms with van der Waals surface area (Å²) in [5, 5.41) is 9.47. The van der Waals surface area contributed by atoms with Gasteiger partial charge in [-0.05, 0) is 71.4 Å².